The molecule has 0 aromatic heterocycles. The molecular formula is C23H21BrFN2O+. The second-order valence-electron chi connectivity index (χ2n) is 7.15. The van der Waals surface area contributed by atoms with Crippen LogP contribution in [0.3, 0.4) is 0 Å². The van der Waals surface area contributed by atoms with Crippen molar-refractivity contribution >= 4 is 27.5 Å². The third-order valence-corrected chi connectivity index (χ3v) is 5.65. The number of nitrogens with one attached hydrogen (secondary N) is 2. The van der Waals surface area contributed by atoms with Gasteiger partial charge in [-0.1, -0.05) is 52.3 Å². The zero-order chi connectivity index (χ0) is 19.5. The Morgan fingerprint density at radius 1 is 1.04 bits per heavy atom. The molecule has 28 heavy (non-hydrogen) atoms. The molecule has 0 saturated carbocycles. The maximum Gasteiger partial charge on any atom is 0.255 e. The topological polar surface area (TPSA) is 33.5 Å². The van der Waals surface area contributed by atoms with Crippen molar-refractivity contribution in [3.63, 3.8) is 0 Å². The van der Waals surface area contributed by atoms with Crippen LogP contribution in [0.2, 0.25) is 0 Å². The van der Waals surface area contributed by atoms with Crippen LogP contribution in [0.1, 0.15) is 27.0 Å². The number of hydrogen-bond donors (Lipinski definition) is 2. The SMILES string of the molecule is O=C(Nc1ccc(Br)cc1F)c1ccc(C[NH+]2CCc3ccccc3C2)cc1. The number of fused-ring (bicyclic) bond motifs is 1. The predicted octanol–water partition coefficient (Wildman–Crippen LogP) is 3.98. The molecule has 4 rings (SSSR count). The van der Waals surface area contributed by atoms with Crippen LogP contribution < -0.4 is 10.2 Å². The highest BCUT2D eigenvalue weighted by atomic mass is 79.9. The number of carbonyl (C=O) groups excluding carboxylic acids is 1. The molecule has 1 unspecified atom stereocenters. The standard InChI is InChI=1S/C23H20BrFN2O/c24-20-9-10-22(21(25)13-20)26-23(28)18-7-5-16(6-8-18)14-27-12-11-17-3-1-2-4-19(17)15-27/h1-10,13H,11-12,14-15H2,(H,26,28)/p+1. The Bertz CT molecular complexity index is 1000. The van der Waals surface area contributed by atoms with Crippen molar-refractivity contribution in [3.8, 4) is 0 Å². The molecule has 1 aliphatic heterocycles. The quantitative estimate of drug-likeness (QED) is 0.633. The monoisotopic (exact) mass is 439 g/mol. The van der Waals surface area contributed by atoms with Gasteiger partial charge in [-0.2, -0.15) is 0 Å². The van der Waals surface area contributed by atoms with Crippen LogP contribution in [0.25, 0.3) is 0 Å². The van der Waals surface area contributed by atoms with E-state index in [0.717, 1.165) is 26.1 Å². The fourth-order valence-electron chi connectivity index (χ4n) is 3.64. The zero-order valence-electron chi connectivity index (χ0n) is 15.3. The first-order valence-corrected chi connectivity index (χ1v) is 10.1. The van der Waals surface area contributed by atoms with Gasteiger partial charge in [0.1, 0.15) is 18.9 Å². The highest BCUT2D eigenvalue weighted by Crippen LogP contribution is 2.20. The van der Waals surface area contributed by atoms with E-state index in [2.05, 4.69) is 45.5 Å². The number of hydrogen-bond acceptors (Lipinski definition) is 1. The summed E-state index contributed by atoms with van der Waals surface area (Å²) in [7, 11) is 0. The van der Waals surface area contributed by atoms with Crippen LogP contribution in [-0.2, 0) is 19.5 Å². The Kier molecular flexibility index (Phi) is 5.55. The maximum atomic E-state index is 13.9. The summed E-state index contributed by atoms with van der Waals surface area (Å²) in [6, 6.07) is 20.8. The van der Waals surface area contributed by atoms with Crippen molar-refractivity contribution < 1.29 is 14.1 Å². The third kappa shape index (κ3) is 4.32. The fraction of sp³-hybridized carbons (Fsp3) is 0.174. The van der Waals surface area contributed by atoms with E-state index in [1.165, 1.54) is 27.7 Å². The van der Waals surface area contributed by atoms with Gasteiger partial charge in [-0.25, -0.2) is 4.39 Å². The third-order valence-electron chi connectivity index (χ3n) is 5.16. The molecule has 1 heterocycles. The van der Waals surface area contributed by atoms with Crippen LogP contribution in [0.5, 0.6) is 0 Å². The van der Waals surface area contributed by atoms with Gasteiger partial charge in [-0.05, 0) is 35.9 Å². The average Bonchev–Trinajstić information content (AvgIpc) is 2.70. The first kappa shape index (κ1) is 18.8. The van der Waals surface area contributed by atoms with E-state index in [4.69, 9.17) is 0 Å². The number of carbonyl (C=O) groups is 1. The summed E-state index contributed by atoms with van der Waals surface area (Å²) in [6.07, 6.45) is 1.10. The van der Waals surface area contributed by atoms with Gasteiger partial charge in [-0.15, -0.1) is 0 Å². The van der Waals surface area contributed by atoms with Crippen LogP contribution in [0.15, 0.2) is 71.2 Å². The van der Waals surface area contributed by atoms with E-state index in [1.54, 1.807) is 24.3 Å². The Balaban J connectivity index is 1.39. The van der Waals surface area contributed by atoms with Crippen molar-refractivity contribution in [1.29, 1.82) is 0 Å². The summed E-state index contributed by atoms with van der Waals surface area (Å²) < 4.78 is 14.5. The first-order valence-electron chi connectivity index (χ1n) is 9.34. The second-order valence-corrected chi connectivity index (χ2v) is 8.06. The largest absolute Gasteiger partial charge is 0.327 e. The van der Waals surface area contributed by atoms with Gasteiger partial charge in [-0.3, -0.25) is 4.79 Å². The Labute approximate surface area is 172 Å². The number of anilines is 1. The molecule has 0 fully saturated rings. The summed E-state index contributed by atoms with van der Waals surface area (Å²) in [6.45, 7) is 3.07. The van der Waals surface area contributed by atoms with Gasteiger partial charge in [0.15, 0.2) is 0 Å². The molecule has 142 valence electrons. The van der Waals surface area contributed by atoms with Gasteiger partial charge in [0.2, 0.25) is 0 Å². The molecule has 3 aromatic rings. The van der Waals surface area contributed by atoms with Gasteiger partial charge in [0.05, 0.1) is 12.2 Å². The number of benzene rings is 3. The lowest BCUT2D eigenvalue weighted by atomic mass is 9.99. The van der Waals surface area contributed by atoms with E-state index < -0.39 is 5.82 Å². The van der Waals surface area contributed by atoms with E-state index in [9.17, 15) is 9.18 Å². The minimum Gasteiger partial charge on any atom is -0.327 e. The van der Waals surface area contributed by atoms with Gasteiger partial charge in [0.25, 0.3) is 5.91 Å². The molecule has 0 aliphatic carbocycles. The van der Waals surface area contributed by atoms with Gasteiger partial charge in [0, 0.05) is 27.6 Å². The van der Waals surface area contributed by atoms with E-state index in [0.29, 0.717) is 10.0 Å². The molecule has 1 atom stereocenters. The minimum absolute atomic E-state index is 0.175. The molecule has 0 saturated heterocycles. The van der Waals surface area contributed by atoms with Gasteiger partial charge < -0.3 is 10.2 Å². The summed E-state index contributed by atoms with van der Waals surface area (Å²) in [5.41, 5.74) is 4.77. The van der Waals surface area contributed by atoms with Crippen molar-refractivity contribution in [3.05, 3.63) is 99.3 Å². The van der Waals surface area contributed by atoms with Crippen molar-refractivity contribution in [1.82, 2.24) is 0 Å². The highest BCUT2D eigenvalue weighted by Gasteiger charge is 2.19. The molecule has 0 radical (unpaired) electrons. The van der Waals surface area contributed by atoms with E-state index in [-0.39, 0.29) is 11.6 Å². The molecule has 0 bridgehead atoms. The summed E-state index contributed by atoms with van der Waals surface area (Å²) in [5, 5.41) is 2.63. The van der Waals surface area contributed by atoms with Gasteiger partial charge >= 0.3 is 0 Å². The van der Waals surface area contributed by atoms with Crippen LogP contribution in [0, 0.1) is 5.82 Å². The van der Waals surface area contributed by atoms with Crippen molar-refractivity contribution in [2.24, 2.45) is 0 Å². The summed E-state index contributed by atoms with van der Waals surface area (Å²) in [5.74, 6) is -0.777. The molecule has 1 amide bonds. The lowest BCUT2D eigenvalue weighted by molar-refractivity contribution is -0.929. The number of rotatable bonds is 4. The zero-order valence-corrected chi connectivity index (χ0v) is 16.9. The van der Waals surface area contributed by atoms with Crippen molar-refractivity contribution in [2.45, 2.75) is 19.5 Å². The first-order chi connectivity index (χ1) is 13.6. The van der Waals surface area contributed by atoms with Crippen molar-refractivity contribution in [2.75, 3.05) is 11.9 Å². The average molecular weight is 440 g/mol. The lowest BCUT2D eigenvalue weighted by Gasteiger charge is -2.26. The smallest absolute Gasteiger partial charge is 0.255 e. The second kappa shape index (κ2) is 8.25. The maximum absolute atomic E-state index is 13.9. The molecule has 0 spiro atoms. The number of amides is 1. The van der Waals surface area contributed by atoms with Crippen LogP contribution in [-0.4, -0.2) is 12.5 Å². The Hall–Kier alpha value is -2.50. The number of halogens is 2. The Morgan fingerprint density at radius 3 is 2.54 bits per heavy atom. The molecule has 3 nitrogen and oxygen atoms in total. The number of quaternary nitrogens is 1. The molecular weight excluding hydrogens is 419 g/mol. The predicted molar refractivity (Wildman–Crippen MR) is 112 cm³/mol. The molecule has 5 heteroatoms. The van der Waals surface area contributed by atoms with Crippen LogP contribution >= 0.6 is 15.9 Å². The van der Waals surface area contributed by atoms with E-state index in [1.807, 2.05) is 12.1 Å². The summed E-state index contributed by atoms with van der Waals surface area (Å²) >= 11 is 3.21. The molecule has 2 N–H and O–H groups in total. The fourth-order valence-corrected chi connectivity index (χ4v) is 3.98. The minimum atomic E-state index is -0.465. The molecule has 1 aliphatic rings. The Morgan fingerprint density at radius 2 is 1.79 bits per heavy atom. The summed E-state index contributed by atoms with van der Waals surface area (Å²) in [4.78, 5) is 13.9. The highest BCUT2D eigenvalue weighted by molar-refractivity contribution is 9.10. The van der Waals surface area contributed by atoms with E-state index >= 15 is 0 Å². The van der Waals surface area contributed by atoms with Crippen LogP contribution in [0.4, 0.5) is 10.1 Å². The lowest BCUT2D eigenvalue weighted by Crippen LogP contribution is -3.10. The normalized spacial score (nSPS) is 15.7. The molecule has 3 aromatic carbocycles.